The summed E-state index contributed by atoms with van der Waals surface area (Å²) in [5.74, 6) is 0.00668. The van der Waals surface area contributed by atoms with E-state index in [0.717, 1.165) is 16.2 Å². The number of nitro benzene ring substituents is 1. The van der Waals surface area contributed by atoms with Crippen molar-refractivity contribution in [2.75, 3.05) is 12.0 Å². The summed E-state index contributed by atoms with van der Waals surface area (Å²) in [5.41, 5.74) is 1.26. The Bertz CT molecular complexity index is 1110. The van der Waals surface area contributed by atoms with E-state index in [1.807, 2.05) is 0 Å². The molecule has 3 aromatic rings. The summed E-state index contributed by atoms with van der Waals surface area (Å²) < 4.78 is 5.77. The van der Waals surface area contributed by atoms with Crippen LogP contribution >= 0.6 is 23.1 Å². The van der Waals surface area contributed by atoms with Gasteiger partial charge in [-0.15, -0.1) is 10.2 Å². The Morgan fingerprint density at radius 3 is 2.45 bits per heavy atom. The lowest BCUT2D eigenvalue weighted by atomic mass is 10.1. The molecule has 9 nitrogen and oxygen atoms in total. The zero-order valence-electron chi connectivity index (χ0n) is 14.9. The van der Waals surface area contributed by atoms with Crippen LogP contribution in [0.2, 0.25) is 0 Å². The van der Waals surface area contributed by atoms with Gasteiger partial charge in [0.2, 0.25) is 5.13 Å². The van der Waals surface area contributed by atoms with E-state index in [1.165, 1.54) is 31.0 Å². The van der Waals surface area contributed by atoms with Crippen LogP contribution in [0.4, 0.5) is 10.8 Å². The van der Waals surface area contributed by atoms with Gasteiger partial charge < -0.3 is 4.74 Å². The third-order valence-electron chi connectivity index (χ3n) is 4.21. The standard InChI is InChI=1S/C18H12N4O5S2/c1-27-14-7-6-11(22(25)26)8-10(14)9-28-18-20-19-17(29-18)21-15(23)12-4-2-3-5-13(12)16(21)24/h2-8H,9H2,1H3. The number of non-ortho nitro benzene ring substituents is 1. The Kier molecular flexibility index (Phi) is 4.99. The lowest BCUT2D eigenvalue weighted by Gasteiger charge is -2.08. The van der Waals surface area contributed by atoms with Gasteiger partial charge in [0.1, 0.15) is 5.75 Å². The number of nitrogens with zero attached hydrogens (tertiary/aromatic N) is 4. The van der Waals surface area contributed by atoms with Crippen molar-refractivity contribution in [3.05, 3.63) is 69.3 Å². The molecular weight excluding hydrogens is 416 g/mol. The first-order valence-corrected chi connectivity index (χ1v) is 10.0. The minimum Gasteiger partial charge on any atom is -0.496 e. The normalized spacial score (nSPS) is 12.9. The SMILES string of the molecule is COc1ccc([N+](=O)[O-])cc1CSc1nnc(N2C(=O)c3ccccc3C2=O)s1. The molecule has 0 N–H and O–H groups in total. The summed E-state index contributed by atoms with van der Waals surface area (Å²) in [6, 6.07) is 10.9. The van der Waals surface area contributed by atoms with E-state index in [-0.39, 0.29) is 10.8 Å². The van der Waals surface area contributed by atoms with Gasteiger partial charge in [0.25, 0.3) is 17.5 Å². The van der Waals surface area contributed by atoms with Gasteiger partial charge in [-0.2, -0.15) is 0 Å². The fourth-order valence-electron chi connectivity index (χ4n) is 2.85. The monoisotopic (exact) mass is 428 g/mol. The van der Waals surface area contributed by atoms with Gasteiger partial charge in [-0.05, 0) is 18.2 Å². The number of hydrogen-bond acceptors (Lipinski definition) is 9. The number of hydrogen-bond donors (Lipinski definition) is 0. The van der Waals surface area contributed by atoms with Crippen molar-refractivity contribution in [3.8, 4) is 5.75 Å². The highest BCUT2D eigenvalue weighted by Gasteiger charge is 2.38. The molecule has 0 unspecified atom stereocenters. The summed E-state index contributed by atoms with van der Waals surface area (Å²) in [5, 5.41) is 19.2. The molecule has 1 aliphatic heterocycles. The summed E-state index contributed by atoms with van der Waals surface area (Å²) in [6.07, 6.45) is 0. The Balaban J connectivity index is 1.53. The predicted octanol–water partition coefficient (Wildman–Crippen LogP) is 3.55. The molecule has 146 valence electrons. The van der Waals surface area contributed by atoms with Crippen molar-refractivity contribution in [2.45, 2.75) is 10.1 Å². The first-order chi connectivity index (χ1) is 14.0. The smallest absolute Gasteiger partial charge is 0.270 e. The highest BCUT2D eigenvalue weighted by atomic mass is 32.2. The Morgan fingerprint density at radius 1 is 1.14 bits per heavy atom. The highest BCUT2D eigenvalue weighted by molar-refractivity contribution is 8.00. The number of carbonyl (C=O) groups is 2. The molecular formula is C18H12N4O5S2. The summed E-state index contributed by atoms with van der Waals surface area (Å²) in [7, 11) is 1.49. The van der Waals surface area contributed by atoms with E-state index in [1.54, 1.807) is 30.3 Å². The van der Waals surface area contributed by atoms with E-state index in [0.29, 0.717) is 32.5 Å². The minimum atomic E-state index is -0.473. The number of carbonyl (C=O) groups excluding carboxylic acids is 2. The molecule has 0 aliphatic carbocycles. The van der Waals surface area contributed by atoms with Crippen molar-refractivity contribution in [3.63, 3.8) is 0 Å². The zero-order chi connectivity index (χ0) is 20.5. The molecule has 0 atom stereocenters. The van der Waals surface area contributed by atoms with E-state index >= 15 is 0 Å². The summed E-state index contributed by atoms with van der Waals surface area (Å²) in [4.78, 5) is 36.6. The second kappa shape index (κ2) is 7.60. The largest absolute Gasteiger partial charge is 0.496 e. The lowest BCUT2D eigenvalue weighted by Crippen LogP contribution is -2.29. The van der Waals surface area contributed by atoms with Gasteiger partial charge in [0.15, 0.2) is 4.34 Å². The number of thioether (sulfide) groups is 1. The third kappa shape index (κ3) is 3.45. The molecule has 29 heavy (non-hydrogen) atoms. The number of ether oxygens (including phenoxy) is 1. The van der Waals surface area contributed by atoms with E-state index in [2.05, 4.69) is 10.2 Å². The lowest BCUT2D eigenvalue weighted by molar-refractivity contribution is -0.384. The second-order valence-corrected chi connectivity index (χ2v) is 8.06. The van der Waals surface area contributed by atoms with E-state index in [4.69, 9.17) is 4.74 Å². The zero-order valence-corrected chi connectivity index (χ0v) is 16.5. The van der Waals surface area contributed by atoms with Crippen molar-refractivity contribution in [1.29, 1.82) is 0 Å². The molecule has 0 spiro atoms. The number of anilines is 1. The topological polar surface area (TPSA) is 116 Å². The van der Waals surface area contributed by atoms with Gasteiger partial charge in [-0.1, -0.05) is 35.2 Å². The number of rotatable bonds is 6. The summed E-state index contributed by atoms with van der Waals surface area (Å²) in [6.45, 7) is 0. The van der Waals surface area contributed by atoms with Gasteiger partial charge in [0, 0.05) is 23.4 Å². The number of methoxy groups -OCH3 is 1. The van der Waals surface area contributed by atoms with Crippen LogP contribution in [0.15, 0.2) is 46.8 Å². The Morgan fingerprint density at radius 2 is 1.83 bits per heavy atom. The number of benzene rings is 2. The van der Waals surface area contributed by atoms with Crippen LogP contribution in [0.1, 0.15) is 26.3 Å². The number of fused-ring (bicyclic) bond motifs is 1. The number of nitro groups is 1. The van der Waals surface area contributed by atoms with Crippen LogP contribution < -0.4 is 9.64 Å². The molecule has 11 heteroatoms. The fraction of sp³-hybridized carbons (Fsp3) is 0.111. The maximum absolute atomic E-state index is 12.5. The van der Waals surface area contributed by atoms with Crippen LogP contribution in [-0.4, -0.2) is 34.0 Å². The maximum atomic E-state index is 12.5. The van der Waals surface area contributed by atoms with E-state index in [9.17, 15) is 19.7 Å². The molecule has 2 aromatic carbocycles. The average Bonchev–Trinajstić information content (AvgIpc) is 3.29. The van der Waals surface area contributed by atoms with Gasteiger partial charge in [-0.25, -0.2) is 4.90 Å². The third-order valence-corrected chi connectivity index (χ3v) is 6.30. The number of amides is 2. The fourth-order valence-corrected chi connectivity index (χ4v) is 4.66. The molecule has 0 saturated heterocycles. The second-order valence-electron chi connectivity index (χ2n) is 5.88. The molecule has 0 bridgehead atoms. The van der Waals surface area contributed by atoms with E-state index < -0.39 is 16.7 Å². The van der Waals surface area contributed by atoms with Gasteiger partial charge in [-0.3, -0.25) is 19.7 Å². The maximum Gasteiger partial charge on any atom is 0.270 e. The Labute approximate surface area is 172 Å². The molecule has 0 radical (unpaired) electrons. The molecule has 1 aliphatic rings. The van der Waals surface area contributed by atoms with Crippen LogP contribution in [-0.2, 0) is 5.75 Å². The van der Waals surface area contributed by atoms with Crippen molar-refractivity contribution >= 4 is 45.7 Å². The van der Waals surface area contributed by atoms with Crippen molar-refractivity contribution < 1.29 is 19.2 Å². The van der Waals surface area contributed by atoms with Gasteiger partial charge >= 0.3 is 0 Å². The number of imide groups is 1. The van der Waals surface area contributed by atoms with Crippen molar-refractivity contribution in [1.82, 2.24) is 10.2 Å². The number of aromatic nitrogens is 2. The molecule has 0 fully saturated rings. The highest BCUT2D eigenvalue weighted by Crippen LogP contribution is 2.36. The van der Waals surface area contributed by atoms with Crippen LogP contribution in [0.5, 0.6) is 5.75 Å². The molecule has 1 aromatic heterocycles. The van der Waals surface area contributed by atoms with Crippen molar-refractivity contribution in [2.24, 2.45) is 0 Å². The summed E-state index contributed by atoms with van der Waals surface area (Å²) >= 11 is 2.38. The average molecular weight is 428 g/mol. The predicted molar refractivity (Wildman–Crippen MR) is 107 cm³/mol. The first-order valence-electron chi connectivity index (χ1n) is 8.25. The molecule has 0 saturated carbocycles. The quantitative estimate of drug-likeness (QED) is 0.192. The Hall–Kier alpha value is -3.31. The van der Waals surface area contributed by atoms with Crippen LogP contribution in [0.3, 0.4) is 0 Å². The van der Waals surface area contributed by atoms with Gasteiger partial charge in [0.05, 0.1) is 23.2 Å². The first kappa shape index (κ1) is 19.0. The van der Waals surface area contributed by atoms with Crippen LogP contribution in [0.25, 0.3) is 0 Å². The minimum absolute atomic E-state index is 0.0367. The molecule has 4 rings (SSSR count). The molecule has 2 amide bonds. The molecule has 2 heterocycles. The van der Waals surface area contributed by atoms with Crippen LogP contribution in [0, 0.1) is 10.1 Å².